The van der Waals surface area contributed by atoms with E-state index in [9.17, 15) is 13.2 Å². The number of ether oxygens (including phenoxy) is 2. The highest BCUT2D eigenvalue weighted by molar-refractivity contribution is 7.91. The third-order valence-corrected chi connectivity index (χ3v) is 5.82. The van der Waals surface area contributed by atoms with Gasteiger partial charge in [-0.25, -0.2) is 8.42 Å². The largest absolute Gasteiger partial charge is 0.496 e. The quantitative estimate of drug-likeness (QED) is 0.784. The van der Waals surface area contributed by atoms with Crippen molar-refractivity contribution in [1.82, 2.24) is 4.90 Å². The van der Waals surface area contributed by atoms with Gasteiger partial charge in [-0.2, -0.15) is 0 Å². The molecule has 1 saturated heterocycles. The molecule has 0 N–H and O–H groups in total. The van der Waals surface area contributed by atoms with E-state index in [1.165, 1.54) is 4.90 Å². The summed E-state index contributed by atoms with van der Waals surface area (Å²) in [7, 11) is 0.203. The zero-order valence-electron chi connectivity index (χ0n) is 13.7. The van der Waals surface area contributed by atoms with Crippen LogP contribution in [0, 0.1) is 0 Å². The molecule has 1 atom stereocenters. The first kappa shape index (κ1) is 17.7. The molecule has 1 heterocycles. The fourth-order valence-electron chi connectivity index (χ4n) is 2.69. The second-order valence-corrected chi connectivity index (χ2v) is 7.87. The van der Waals surface area contributed by atoms with E-state index in [0.717, 1.165) is 5.56 Å². The van der Waals surface area contributed by atoms with Gasteiger partial charge in [-0.05, 0) is 31.5 Å². The maximum Gasteiger partial charge on any atom is 0.253 e. The Labute approximate surface area is 137 Å². The molecular formula is C16H23NO5S. The summed E-state index contributed by atoms with van der Waals surface area (Å²) >= 11 is 0. The van der Waals surface area contributed by atoms with Crippen molar-refractivity contribution in [2.75, 3.05) is 32.3 Å². The number of carbonyl (C=O) groups is 1. The monoisotopic (exact) mass is 341 g/mol. The topological polar surface area (TPSA) is 72.9 Å². The van der Waals surface area contributed by atoms with Crippen LogP contribution in [0.5, 0.6) is 5.75 Å². The molecule has 1 fully saturated rings. The molecule has 1 aromatic rings. The van der Waals surface area contributed by atoms with Crippen LogP contribution in [0.2, 0.25) is 0 Å². The van der Waals surface area contributed by atoms with Crippen LogP contribution in [0.15, 0.2) is 18.2 Å². The average molecular weight is 341 g/mol. The first-order valence-electron chi connectivity index (χ1n) is 7.60. The maximum absolute atomic E-state index is 12.6. The number of carbonyl (C=O) groups excluding carboxylic acids is 1. The van der Waals surface area contributed by atoms with Gasteiger partial charge in [0, 0.05) is 30.8 Å². The average Bonchev–Trinajstić information content (AvgIpc) is 2.91. The normalized spacial score (nSPS) is 19.5. The van der Waals surface area contributed by atoms with Crippen LogP contribution in [-0.4, -0.2) is 57.5 Å². The Balaban J connectivity index is 2.18. The van der Waals surface area contributed by atoms with E-state index in [1.807, 2.05) is 6.92 Å². The summed E-state index contributed by atoms with van der Waals surface area (Å²) in [6.45, 7) is 2.83. The van der Waals surface area contributed by atoms with Crippen molar-refractivity contribution in [3.63, 3.8) is 0 Å². The van der Waals surface area contributed by atoms with E-state index >= 15 is 0 Å². The Hall–Kier alpha value is -1.60. The highest BCUT2D eigenvalue weighted by Crippen LogP contribution is 2.23. The van der Waals surface area contributed by atoms with Crippen molar-refractivity contribution < 1.29 is 22.7 Å². The van der Waals surface area contributed by atoms with Crippen molar-refractivity contribution >= 4 is 15.7 Å². The molecule has 23 heavy (non-hydrogen) atoms. The minimum absolute atomic E-state index is 0.0389. The summed E-state index contributed by atoms with van der Waals surface area (Å²) in [5.74, 6) is 0.665. The predicted molar refractivity (Wildman–Crippen MR) is 87.5 cm³/mol. The SMILES string of the molecule is CCOCc1cc(C(=O)N(C)[C@H]2CCS(=O)(=O)C2)ccc1OC. The molecule has 0 aromatic heterocycles. The number of rotatable bonds is 6. The van der Waals surface area contributed by atoms with Gasteiger partial charge in [0.25, 0.3) is 5.91 Å². The van der Waals surface area contributed by atoms with Crippen LogP contribution in [0.25, 0.3) is 0 Å². The Bertz CT molecular complexity index is 671. The standard InChI is InChI=1S/C16H23NO5S/c1-4-22-10-13-9-12(5-6-15(13)21-3)16(18)17(2)14-7-8-23(19,20)11-14/h5-6,9,14H,4,7-8,10-11H2,1-3H3/t14-/m0/s1. The number of nitrogens with zero attached hydrogens (tertiary/aromatic N) is 1. The van der Waals surface area contributed by atoms with E-state index in [0.29, 0.717) is 30.9 Å². The molecule has 1 aliphatic rings. The molecule has 1 aliphatic heterocycles. The second-order valence-electron chi connectivity index (χ2n) is 5.64. The van der Waals surface area contributed by atoms with Gasteiger partial charge in [-0.1, -0.05) is 0 Å². The number of hydrogen-bond acceptors (Lipinski definition) is 5. The van der Waals surface area contributed by atoms with E-state index in [2.05, 4.69) is 0 Å². The Kier molecular flexibility index (Phi) is 5.64. The third-order valence-electron chi connectivity index (χ3n) is 4.07. The summed E-state index contributed by atoms with van der Waals surface area (Å²) in [6.07, 6.45) is 0.493. The fourth-order valence-corrected chi connectivity index (χ4v) is 4.46. The minimum atomic E-state index is -3.02. The van der Waals surface area contributed by atoms with Gasteiger partial charge in [0.05, 0.1) is 25.2 Å². The zero-order chi connectivity index (χ0) is 17.0. The summed E-state index contributed by atoms with van der Waals surface area (Å²) in [5.41, 5.74) is 1.31. The van der Waals surface area contributed by atoms with Gasteiger partial charge in [0.2, 0.25) is 0 Å². The minimum Gasteiger partial charge on any atom is -0.496 e. The molecule has 1 amide bonds. The fraction of sp³-hybridized carbons (Fsp3) is 0.562. The van der Waals surface area contributed by atoms with Crippen molar-refractivity contribution in [2.45, 2.75) is 26.0 Å². The lowest BCUT2D eigenvalue weighted by Crippen LogP contribution is -2.37. The molecule has 0 aliphatic carbocycles. The van der Waals surface area contributed by atoms with E-state index < -0.39 is 9.84 Å². The number of hydrogen-bond donors (Lipinski definition) is 0. The maximum atomic E-state index is 12.6. The van der Waals surface area contributed by atoms with Crippen LogP contribution >= 0.6 is 0 Å². The Morgan fingerprint density at radius 2 is 2.13 bits per heavy atom. The lowest BCUT2D eigenvalue weighted by Gasteiger charge is -2.24. The summed E-state index contributed by atoms with van der Waals surface area (Å²) in [4.78, 5) is 14.1. The molecule has 1 aromatic carbocycles. The van der Waals surface area contributed by atoms with Gasteiger partial charge in [0.1, 0.15) is 5.75 Å². The van der Waals surface area contributed by atoms with Crippen LogP contribution < -0.4 is 4.74 Å². The third kappa shape index (κ3) is 4.23. The van der Waals surface area contributed by atoms with Gasteiger partial charge in [-0.3, -0.25) is 4.79 Å². The second kappa shape index (κ2) is 7.31. The first-order chi connectivity index (χ1) is 10.9. The molecule has 0 unspecified atom stereocenters. The van der Waals surface area contributed by atoms with Crippen molar-refractivity contribution in [1.29, 1.82) is 0 Å². The molecular weight excluding hydrogens is 318 g/mol. The first-order valence-corrected chi connectivity index (χ1v) is 9.42. The summed E-state index contributed by atoms with van der Waals surface area (Å²) in [5, 5.41) is 0. The van der Waals surface area contributed by atoms with Crippen LogP contribution in [0.4, 0.5) is 0 Å². The van der Waals surface area contributed by atoms with Crippen molar-refractivity contribution in [3.8, 4) is 5.75 Å². The molecule has 0 saturated carbocycles. The molecule has 2 rings (SSSR count). The van der Waals surface area contributed by atoms with Crippen LogP contribution in [0.3, 0.4) is 0 Å². The highest BCUT2D eigenvalue weighted by Gasteiger charge is 2.33. The Morgan fingerprint density at radius 1 is 1.39 bits per heavy atom. The number of benzene rings is 1. The van der Waals surface area contributed by atoms with Crippen LogP contribution in [-0.2, 0) is 21.2 Å². The molecule has 0 bridgehead atoms. The van der Waals surface area contributed by atoms with E-state index in [4.69, 9.17) is 9.47 Å². The van der Waals surface area contributed by atoms with Gasteiger partial charge < -0.3 is 14.4 Å². The van der Waals surface area contributed by atoms with E-state index in [-0.39, 0.29) is 23.5 Å². The van der Waals surface area contributed by atoms with Crippen molar-refractivity contribution in [2.24, 2.45) is 0 Å². The van der Waals surface area contributed by atoms with Gasteiger partial charge in [-0.15, -0.1) is 0 Å². The van der Waals surface area contributed by atoms with Crippen LogP contribution in [0.1, 0.15) is 29.3 Å². The van der Waals surface area contributed by atoms with Gasteiger partial charge >= 0.3 is 0 Å². The predicted octanol–water partition coefficient (Wildman–Crippen LogP) is 1.49. The smallest absolute Gasteiger partial charge is 0.253 e. The lowest BCUT2D eigenvalue weighted by atomic mass is 10.1. The van der Waals surface area contributed by atoms with E-state index in [1.54, 1.807) is 32.4 Å². The summed E-state index contributed by atoms with van der Waals surface area (Å²) in [6, 6.07) is 4.92. The lowest BCUT2D eigenvalue weighted by molar-refractivity contribution is 0.0747. The summed E-state index contributed by atoms with van der Waals surface area (Å²) < 4.78 is 33.9. The Morgan fingerprint density at radius 3 is 2.70 bits per heavy atom. The molecule has 7 heteroatoms. The molecule has 0 radical (unpaired) electrons. The molecule has 6 nitrogen and oxygen atoms in total. The highest BCUT2D eigenvalue weighted by atomic mass is 32.2. The number of methoxy groups -OCH3 is 1. The molecule has 0 spiro atoms. The van der Waals surface area contributed by atoms with Gasteiger partial charge in [0.15, 0.2) is 9.84 Å². The molecule has 128 valence electrons. The zero-order valence-corrected chi connectivity index (χ0v) is 14.6. The van der Waals surface area contributed by atoms with Crippen molar-refractivity contribution in [3.05, 3.63) is 29.3 Å². The number of amides is 1. The number of sulfone groups is 1.